The Kier molecular flexibility index (Phi) is 4.35. The molecule has 2 aromatic rings. The lowest BCUT2D eigenvalue weighted by Gasteiger charge is -2.19. The fourth-order valence-corrected chi connectivity index (χ4v) is 2.13. The van der Waals surface area contributed by atoms with Gasteiger partial charge in [0, 0.05) is 23.4 Å². The van der Waals surface area contributed by atoms with Gasteiger partial charge < -0.3 is 10.4 Å². The summed E-state index contributed by atoms with van der Waals surface area (Å²) >= 11 is 0. The zero-order valence-electron chi connectivity index (χ0n) is 11.4. The van der Waals surface area contributed by atoms with Crippen molar-refractivity contribution in [2.75, 3.05) is 5.32 Å². The summed E-state index contributed by atoms with van der Waals surface area (Å²) in [6, 6.07) is 10.5. The van der Waals surface area contributed by atoms with Gasteiger partial charge in [0.2, 0.25) is 0 Å². The topological polar surface area (TPSA) is 32.3 Å². The predicted molar refractivity (Wildman–Crippen MR) is 75.5 cm³/mol. The van der Waals surface area contributed by atoms with Gasteiger partial charge in [-0.2, -0.15) is 0 Å². The molecular weight excluding hydrogens is 260 g/mol. The standard InChI is InChI=1S/C16H17F2NO/c1-10(12-7-13(17)9-14(18)8-12)19-16-6-4-3-5-15(16)11(2)20/h3-11,19-20H,1-2H3. The molecule has 2 N–H and O–H groups in total. The fraction of sp³-hybridized carbons (Fsp3) is 0.250. The minimum absolute atomic E-state index is 0.278. The molecule has 2 atom stereocenters. The Bertz CT molecular complexity index is 579. The van der Waals surface area contributed by atoms with E-state index in [1.165, 1.54) is 12.1 Å². The van der Waals surface area contributed by atoms with Crippen LogP contribution in [0.5, 0.6) is 0 Å². The molecule has 4 heteroatoms. The first kappa shape index (κ1) is 14.5. The number of anilines is 1. The third kappa shape index (κ3) is 3.33. The molecule has 0 aromatic heterocycles. The second-order valence-electron chi connectivity index (χ2n) is 4.83. The van der Waals surface area contributed by atoms with Crippen molar-refractivity contribution in [1.29, 1.82) is 0 Å². The van der Waals surface area contributed by atoms with Crippen molar-refractivity contribution < 1.29 is 13.9 Å². The van der Waals surface area contributed by atoms with Crippen LogP contribution in [0.4, 0.5) is 14.5 Å². The number of halogens is 2. The molecule has 0 spiro atoms. The fourth-order valence-electron chi connectivity index (χ4n) is 2.13. The Hall–Kier alpha value is -1.94. The molecule has 2 unspecified atom stereocenters. The minimum Gasteiger partial charge on any atom is -0.389 e. The average Bonchev–Trinajstić information content (AvgIpc) is 2.37. The molecule has 106 valence electrons. The van der Waals surface area contributed by atoms with Gasteiger partial charge >= 0.3 is 0 Å². The summed E-state index contributed by atoms with van der Waals surface area (Å²) in [5, 5.41) is 12.9. The van der Waals surface area contributed by atoms with Crippen molar-refractivity contribution in [3.8, 4) is 0 Å². The van der Waals surface area contributed by atoms with Crippen LogP contribution in [0.15, 0.2) is 42.5 Å². The van der Waals surface area contributed by atoms with Crippen LogP contribution >= 0.6 is 0 Å². The van der Waals surface area contributed by atoms with Gasteiger partial charge in [-0.15, -0.1) is 0 Å². The Labute approximate surface area is 117 Å². The van der Waals surface area contributed by atoms with Crippen LogP contribution in [0.1, 0.15) is 37.1 Å². The van der Waals surface area contributed by atoms with Crippen molar-refractivity contribution in [2.24, 2.45) is 0 Å². The Morgan fingerprint density at radius 3 is 2.20 bits per heavy atom. The number of benzene rings is 2. The number of aliphatic hydroxyl groups excluding tert-OH is 1. The van der Waals surface area contributed by atoms with Gasteiger partial charge in [0.05, 0.1) is 6.10 Å². The molecular formula is C16H17F2NO. The van der Waals surface area contributed by atoms with Gasteiger partial charge in [0.25, 0.3) is 0 Å². The van der Waals surface area contributed by atoms with Gasteiger partial charge in [-0.05, 0) is 37.6 Å². The summed E-state index contributed by atoms with van der Waals surface area (Å²) < 4.78 is 26.5. The molecule has 0 bridgehead atoms. The molecule has 20 heavy (non-hydrogen) atoms. The van der Waals surface area contributed by atoms with Gasteiger partial charge in [0.1, 0.15) is 11.6 Å². The summed E-state index contributed by atoms with van der Waals surface area (Å²) in [6.45, 7) is 3.49. The molecule has 0 fully saturated rings. The van der Waals surface area contributed by atoms with Crippen LogP contribution in [0.2, 0.25) is 0 Å². The van der Waals surface area contributed by atoms with E-state index in [0.717, 1.165) is 17.3 Å². The molecule has 2 nitrogen and oxygen atoms in total. The van der Waals surface area contributed by atoms with E-state index in [0.29, 0.717) is 5.56 Å². The zero-order valence-corrected chi connectivity index (χ0v) is 11.4. The highest BCUT2D eigenvalue weighted by molar-refractivity contribution is 5.53. The normalized spacial score (nSPS) is 13.8. The van der Waals surface area contributed by atoms with E-state index >= 15 is 0 Å². The smallest absolute Gasteiger partial charge is 0.126 e. The first-order chi connectivity index (χ1) is 9.47. The van der Waals surface area contributed by atoms with E-state index in [2.05, 4.69) is 5.32 Å². The largest absolute Gasteiger partial charge is 0.389 e. The van der Waals surface area contributed by atoms with Crippen molar-refractivity contribution in [3.05, 3.63) is 65.2 Å². The van der Waals surface area contributed by atoms with Crippen molar-refractivity contribution in [1.82, 2.24) is 0 Å². The van der Waals surface area contributed by atoms with Crippen LogP contribution < -0.4 is 5.32 Å². The second-order valence-corrected chi connectivity index (χ2v) is 4.83. The maximum Gasteiger partial charge on any atom is 0.126 e. The van der Waals surface area contributed by atoms with Gasteiger partial charge in [-0.1, -0.05) is 18.2 Å². The lowest BCUT2D eigenvalue weighted by atomic mass is 10.0. The first-order valence-electron chi connectivity index (χ1n) is 6.47. The molecule has 2 aromatic carbocycles. The third-order valence-corrected chi connectivity index (χ3v) is 3.17. The van der Waals surface area contributed by atoms with E-state index in [1.54, 1.807) is 6.92 Å². The maximum atomic E-state index is 13.2. The van der Waals surface area contributed by atoms with Gasteiger partial charge in [0.15, 0.2) is 0 Å². The van der Waals surface area contributed by atoms with Crippen molar-refractivity contribution in [2.45, 2.75) is 26.0 Å². The average molecular weight is 277 g/mol. The van der Waals surface area contributed by atoms with Crippen LogP contribution in [0, 0.1) is 11.6 Å². The number of para-hydroxylation sites is 1. The highest BCUT2D eigenvalue weighted by Crippen LogP contribution is 2.27. The number of hydrogen-bond donors (Lipinski definition) is 2. The number of rotatable bonds is 4. The van der Waals surface area contributed by atoms with E-state index in [-0.39, 0.29) is 6.04 Å². The van der Waals surface area contributed by atoms with Gasteiger partial charge in [-0.25, -0.2) is 8.78 Å². The summed E-state index contributed by atoms with van der Waals surface area (Å²) in [5.74, 6) is -1.20. The van der Waals surface area contributed by atoms with E-state index < -0.39 is 17.7 Å². The van der Waals surface area contributed by atoms with Crippen LogP contribution in [-0.4, -0.2) is 5.11 Å². The Morgan fingerprint density at radius 2 is 1.60 bits per heavy atom. The summed E-state index contributed by atoms with van der Waals surface area (Å²) in [7, 11) is 0. The maximum absolute atomic E-state index is 13.2. The van der Waals surface area contributed by atoms with Crippen LogP contribution in [0.3, 0.4) is 0 Å². The molecule has 0 aliphatic carbocycles. The predicted octanol–water partition coefficient (Wildman–Crippen LogP) is 4.19. The summed E-state index contributed by atoms with van der Waals surface area (Å²) in [5.41, 5.74) is 2.01. The molecule has 0 amide bonds. The summed E-state index contributed by atoms with van der Waals surface area (Å²) in [6.07, 6.45) is -0.616. The van der Waals surface area contributed by atoms with Gasteiger partial charge in [-0.3, -0.25) is 0 Å². The molecule has 0 saturated carbocycles. The first-order valence-corrected chi connectivity index (χ1v) is 6.47. The van der Waals surface area contributed by atoms with E-state index in [4.69, 9.17) is 0 Å². The highest BCUT2D eigenvalue weighted by atomic mass is 19.1. The molecule has 0 heterocycles. The van der Waals surface area contributed by atoms with Crippen molar-refractivity contribution >= 4 is 5.69 Å². The Morgan fingerprint density at radius 1 is 1.00 bits per heavy atom. The Balaban J connectivity index is 2.25. The third-order valence-electron chi connectivity index (χ3n) is 3.17. The highest BCUT2D eigenvalue weighted by Gasteiger charge is 2.12. The summed E-state index contributed by atoms with van der Waals surface area (Å²) in [4.78, 5) is 0. The molecule has 0 saturated heterocycles. The number of nitrogens with one attached hydrogen (secondary N) is 1. The van der Waals surface area contributed by atoms with Crippen LogP contribution in [0.25, 0.3) is 0 Å². The van der Waals surface area contributed by atoms with E-state index in [9.17, 15) is 13.9 Å². The lowest BCUT2D eigenvalue weighted by Crippen LogP contribution is -2.10. The quantitative estimate of drug-likeness (QED) is 0.878. The van der Waals surface area contributed by atoms with Crippen LogP contribution in [-0.2, 0) is 0 Å². The molecule has 0 radical (unpaired) electrons. The number of hydrogen-bond acceptors (Lipinski definition) is 2. The van der Waals surface area contributed by atoms with E-state index in [1.807, 2.05) is 31.2 Å². The zero-order chi connectivity index (χ0) is 14.7. The second kappa shape index (κ2) is 6.01. The number of aliphatic hydroxyl groups is 1. The molecule has 0 aliphatic heterocycles. The molecule has 2 rings (SSSR count). The van der Waals surface area contributed by atoms with Crippen molar-refractivity contribution in [3.63, 3.8) is 0 Å². The lowest BCUT2D eigenvalue weighted by molar-refractivity contribution is 0.200. The minimum atomic E-state index is -0.616. The SMILES string of the molecule is CC(O)c1ccccc1NC(C)c1cc(F)cc(F)c1. The monoisotopic (exact) mass is 277 g/mol. The molecule has 0 aliphatic rings.